The molecule has 0 spiro atoms. The highest BCUT2D eigenvalue weighted by Crippen LogP contribution is 2.45. The molecule has 0 aromatic carbocycles. The van der Waals surface area contributed by atoms with Gasteiger partial charge in [0, 0.05) is 25.0 Å². The normalized spacial score (nSPS) is 18.8. The van der Waals surface area contributed by atoms with E-state index in [1.54, 1.807) is 0 Å². The van der Waals surface area contributed by atoms with Gasteiger partial charge in [-0.25, -0.2) is 0 Å². The van der Waals surface area contributed by atoms with Gasteiger partial charge in [0.15, 0.2) is 0 Å². The van der Waals surface area contributed by atoms with Crippen LogP contribution in [0.25, 0.3) is 0 Å². The summed E-state index contributed by atoms with van der Waals surface area (Å²) in [7, 11) is 1.92. The zero-order valence-electron chi connectivity index (χ0n) is 12.2. The number of amides is 1. The summed E-state index contributed by atoms with van der Waals surface area (Å²) >= 11 is 0. The second-order valence-electron chi connectivity index (χ2n) is 5.91. The van der Waals surface area contributed by atoms with Crippen molar-refractivity contribution >= 4 is 18.3 Å². The quantitative estimate of drug-likeness (QED) is 0.811. The zero-order chi connectivity index (χ0) is 13.1. The smallest absolute Gasteiger partial charge is 0.228 e. The summed E-state index contributed by atoms with van der Waals surface area (Å²) in [6, 6.07) is 0.198. The Morgan fingerprint density at radius 1 is 1.39 bits per heavy atom. The lowest BCUT2D eigenvalue weighted by atomic mass is 9.66. The molecule has 1 aliphatic carbocycles. The van der Waals surface area contributed by atoms with E-state index in [9.17, 15) is 4.79 Å². The lowest BCUT2D eigenvalue weighted by Gasteiger charge is -2.42. The molecule has 18 heavy (non-hydrogen) atoms. The Morgan fingerprint density at radius 2 is 1.94 bits per heavy atom. The van der Waals surface area contributed by atoms with Crippen LogP contribution in [0.2, 0.25) is 0 Å². The maximum Gasteiger partial charge on any atom is 0.228 e. The zero-order valence-corrected chi connectivity index (χ0v) is 13.1. The van der Waals surface area contributed by atoms with Gasteiger partial charge in [0.25, 0.3) is 0 Å². The minimum Gasteiger partial charge on any atom is -0.345 e. The third kappa shape index (κ3) is 3.86. The van der Waals surface area contributed by atoms with Gasteiger partial charge in [-0.3, -0.25) is 4.79 Å². The molecule has 1 unspecified atom stereocenters. The minimum atomic E-state index is -0.0311. The fraction of sp³-hybridized carbons (Fsp3) is 0.929. The van der Waals surface area contributed by atoms with Gasteiger partial charge in [-0.05, 0) is 31.6 Å². The number of nitrogens with zero attached hydrogens (tertiary/aromatic N) is 1. The summed E-state index contributed by atoms with van der Waals surface area (Å²) in [6.45, 7) is 7.18. The van der Waals surface area contributed by atoms with Gasteiger partial charge in [-0.15, -0.1) is 12.4 Å². The van der Waals surface area contributed by atoms with E-state index in [2.05, 4.69) is 20.8 Å². The molecule has 0 aromatic rings. The lowest BCUT2D eigenvalue weighted by Crippen LogP contribution is -2.47. The summed E-state index contributed by atoms with van der Waals surface area (Å²) in [6.07, 6.45) is 5.23. The van der Waals surface area contributed by atoms with Crippen molar-refractivity contribution in [2.75, 3.05) is 13.6 Å². The van der Waals surface area contributed by atoms with E-state index < -0.39 is 0 Å². The topological polar surface area (TPSA) is 46.3 Å². The summed E-state index contributed by atoms with van der Waals surface area (Å²) in [4.78, 5) is 14.2. The molecule has 2 N–H and O–H groups in total. The van der Waals surface area contributed by atoms with Crippen LogP contribution < -0.4 is 5.73 Å². The molecule has 1 fully saturated rings. The number of rotatable bonds is 6. The third-order valence-electron chi connectivity index (χ3n) is 4.44. The highest BCUT2D eigenvalue weighted by Gasteiger charge is 2.43. The molecule has 1 atom stereocenters. The maximum atomic E-state index is 12.3. The van der Waals surface area contributed by atoms with Crippen molar-refractivity contribution in [3.05, 3.63) is 0 Å². The Balaban J connectivity index is 0.00000289. The molecule has 0 bridgehead atoms. The van der Waals surface area contributed by atoms with Crippen molar-refractivity contribution in [2.24, 2.45) is 17.1 Å². The first-order chi connectivity index (χ1) is 7.93. The monoisotopic (exact) mass is 276 g/mol. The van der Waals surface area contributed by atoms with Crippen molar-refractivity contribution in [1.82, 2.24) is 4.90 Å². The van der Waals surface area contributed by atoms with E-state index in [1.165, 1.54) is 6.42 Å². The van der Waals surface area contributed by atoms with Crippen LogP contribution >= 0.6 is 12.4 Å². The van der Waals surface area contributed by atoms with E-state index in [1.807, 2.05) is 11.9 Å². The summed E-state index contributed by atoms with van der Waals surface area (Å²) in [5.74, 6) is 0.824. The van der Waals surface area contributed by atoms with Crippen LogP contribution in [-0.2, 0) is 4.79 Å². The summed E-state index contributed by atoms with van der Waals surface area (Å²) in [5, 5.41) is 0. The van der Waals surface area contributed by atoms with E-state index in [-0.39, 0.29) is 23.9 Å². The number of carbonyl (C=O) groups excluding carboxylic acids is 1. The molecule has 1 amide bonds. The standard InChI is InChI=1S/C14H28N2O.ClH/c1-5-14(8-6-9-14)13(17)16(4)10-7-12(15)11(2)3;/h11-12H,5-10,15H2,1-4H3;1H. The molecule has 4 heteroatoms. The van der Waals surface area contributed by atoms with Crippen molar-refractivity contribution < 1.29 is 4.79 Å². The SMILES string of the molecule is CCC1(C(=O)N(C)CCC(N)C(C)C)CCC1.Cl. The van der Waals surface area contributed by atoms with Gasteiger partial charge < -0.3 is 10.6 Å². The molecule has 0 aromatic heterocycles. The van der Waals surface area contributed by atoms with E-state index in [0.29, 0.717) is 11.8 Å². The van der Waals surface area contributed by atoms with Gasteiger partial charge in [0.1, 0.15) is 0 Å². The van der Waals surface area contributed by atoms with Crippen LogP contribution in [0.1, 0.15) is 52.9 Å². The first-order valence-electron chi connectivity index (χ1n) is 6.94. The fourth-order valence-corrected chi connectivity index (χ4v) is 2.50. The Kier molecular flexibility index (Phi) is 7.23. The number of hydrogen-bond donors (Lipinski definition) is 1. The average Bonchev–Trinajstić information content (AvgIpc) is 2.24. The second kappa shape index (κ2) is 7.34. The average molecular weight is 277 g/mol. The summed E-state index contributed by atoms with van der Waals surface area (Å²) in [5.41, 5.74) is 5.98. The maximum absolute atomic E-state index is 12.3. The molecular weight excluding hydrogens is 248 g/mol. The molecule has 0 saturated heterocycles. The first-order valence-corrected chi connectivity index (χ1v) is 6.94. The largest absolute Gasteiger partial charge is 0.345 e. The van der Waals surface area contributed by atoms with Crippen LogP contribution in [0.5, 0.6) is 0 Å². The molecular formula is C14H29ClN2O. The Morgan fingerprint density at radius 3 is 2.28 bits per heavy atom. The third-order valence-corrected chi connectivity index (χ3v) is 4.44. The summed E-state index contributed by atoms with van der Waals surface area (Å²) < 4.78 is 0. The molecule has 3 nitrogen and oxygen atoms in total. The van der Waals surface area contributed by atoms with Gasteiger partial charge in [0.2, 0.25) is 5.91 Å². The van der Waals surface area contributed by atoms with Crippen LogP contribution in [0.3, 0.4) is 0 Å². The van der Waals surface area contributed by atoms with Gasteiger partial charge in [0.05, 0.1) is 0 Å². The predicted molar refractivity (Wildman–Crippen MR) is 78.9 cm³/mol. The predicted octanol–water partition coefficient (Wildman–Crippen LogP) is 2.82. The van der Waals surface area contributed by atoms with Gasteiger partial charge >= 0.3 is 0 Å². The molecule has 1 saturated carbocycles. The Labute approximate surface area is 118 Å². The number of halogens is 1. The number of carbonyl (C=O) groups is 1. The molecule has 0 heterocycles. The highest BCUT2D eigenvalue weighted by atomic mass is 35.5. The van der Waals surface area contributed by atoms with Crippen molar-refractivity contribution in [3.63, 3.8) is 0 Å². The van der Waals surface area contributed by atoms with Crippen molar-refractivity contribution in [1.29, 1.82) is 0 Å². The molecule has 1 aliphatic rings. The van der Waals surface area contributed by atoms with E-state index in [0.717, 1.165) is 32.2 Å². The molecule has 0 aliphatic heterocycles. The molecule has 0 radical (unpaired) electrons. The first kappa shape index (κ1) is 17.7. The van der Waals surface area contributed by atoms with Crippen molar-refractivity contribution in [3.8, 4) is 0 Å². The fourth-order valence-electron chi connectivity index (χ4n) is 2.50. The van der Waals surface area contributed by atoms with Crippen LogP contribution in [0.4, 0.5) is 0 Å². The minimum absolute atomic E-state index is 0. The Bertz CT molecular complexity index is 259. The van der Waals surface area contributed by atoms with E-state index in [4.69, 9.17) is 5.73 Å². The van der Waals surface area contributed by atoms with Crippen LogP contribution in [0, 0.1) is 11.3 Å². The van der Waals surface area contributed by atoms with Crippen LogP contribution in [0.15, 0.2) is 0 Å². The highest BCUT2D eigenvalue weighted by molar-refractivity contribution is 5.85. The lowest BCUT2D eigenvalue weighted by molar-refractivity contribution is -0.146. The van der Waals surface area contributed by atoms with E-state index >= 15 is 0 Å². The second-order valence-corrected chi connectivity index (χ2v) is 5.91. The molecule has 1 rings (SSSR count). The van der Waals surface area contributed by atoms with Gasteiger partial charge in [-0.1, -0.05) is 27.2 Å². The number of hydrogen-bond acceptors (Lipinski definition) is 2. The molecule has 108 valence electrons. The van der Waals surface area contributed by atoms with Gasteiger partial charge in [-0.2, -0.15) is 0 Å². The number of nitrogens with two attached hydrogens (primary N) is 1. The Hall–Kier alpha value is -0.280. The van der Waals surface area contributed by atoms with Crippen molar-refractivity contribution in [2.45, 2.75) is 58.9 Å². The van der Waals surface area contributed by atoms with Crippen LogP contribution in [-0.4, -0.2) is 30.4 Å².